The molecule has 0 heterocycles. The van der Waals surface area contributed by atoms with Gasteiger partial charge in [0.2, 0.25) is 0 Å². The predicted octanol–water partition coefficient (Wildman–Crippen LogP) is 4.25. The van der Waals surface area contributed by atoms with Crippen LogP contribution in [0.4, 0.5) is 0 Å². The van der Waals surface area contributed by atoms with E-state index in [1.807, 2.05) is 13.8 Å². The lowest BCUT2D eigenvalue weighted by Crippen LogP contribution is -2.15. The summed E-state index contributed by atoms with van der Waals surface area (Å²) in [6.07, 6.45) is 2.31. The molecular formula is C17H26O2. The largest absolute Gasteiger partial charge is 0.373 e. The minimum atomic E-state index is 0.0960. The van der Waals surface area contributed by atoms with Gasteiger partial charge in [0.1, 0.15) is 6.61 Å². The van der Waals surface area contributed by atoms with Crippen molar-refractivity contribution in [2.24, 2.45) is 5.92 Å². The van der Waals surface area contributed by atoms with E-state index >= 15 is 0 Å². The van der Waals surface area contributed by atoms with Crippen molar-refractivity contribution in [3.8, 4) is 0 Å². The maximum atomic E-state index is 12.2. The molecule has 1 unspecified atom stereocenters. The second-order valence-electron chi connectivity index (χ2n) is 5.61. The summed E-state index contributed by atoms with van der Waals surface area (Å²) in [7, 11) is 0. The van der Waals surface area contributed by atoms with Gasteiger partial charge in [-0.15, -0.1) is 0 Å². The van der Waals surface area contributed by atoms with E-state index in [1.54, 1.807) is 0 Å². The average molecular weight is 262 g/mol. The maximum Gasteiger partial charge on any atom is 0.188 e. The van der Waals surface area contributed by atoms with Crippen LogP contribution in [0.1, 0.15) is 53.7 Å². The molecule has 0 N–H and O–H groups in total. The summed E-state index contributed by atoms with van der Waals surface area (Å²) in [6, 6.07) is 4.11. The Morgan fingerprint density at radius 2 is 1.79 bits per heavy atom. The fourth-order valence-electron chi connectivity index (χ4n) is 2.62. The number of benzene rings is 1. The highest BCUT2D eigenvalue weighted by molar-refractivity contribution is 5.99. The predicted molar refractivity (Wildman–Crippen MR) is 79.9 cm³/mol. The van der Waals surface area contributed by atoms with E-state index in [2.05, 4.69) is 32.9 Å². The van der Waals surface area contributed by atoms with Crippen molar-refractivity contribution in [3.05, 3.63) is 34.4 Å². The first kappa shape index (κ1) is 15.9. The third kappa shape index (κ3) is 4.79. The molecule has 0 aromatic heterocycles. The van der Waals surface area contributed by atoms with E-state index in [-0.39, 0.29) is 12.4 Å². The Hall–Kier alpha value is -1.15. The zero-order valence-corrected chi connectivity index (χ0v) is 12.9. The average Bonchev–Trinajstić information content (AvgIpc) is 2.27. The zero-order valence-electron chi connectivity index (χ0n) is 12.9. The SMILES string of the molecule is CCCC(C)COCC(=O)c1c(C)cc(C)cc1C. The summed E-state index contributed by atoms with van der Waals surface area (Å²) in [6.45, 7) is 11.2. The Morgan fingerprint density at radius 3 is 2.32 bits per heavy atom. The summed E-state index contributed by atoms with van der Waals surface area (Å²) < 4.78 is 5.55. The minimum absolute atomic E-state index is 0.0960. The molecule has 2 nitrogen and oxygen atoms in total. The highest BCUT2D eigenvalue weighted by atomic mass is 16.5. The number of aryl methyl sites for hydroxylation is 3. The topological polar surface area (TPSA) is 26.3 Å². The molecule has 2 heteroatoms. The lowest BCUT2D eigenvalue weighted by atomic mass is 9.97. The first-order valence-electron chi connectivity index (χ1n) is 7.14. The number of ketones is 1. The molecule has 0 aliphatic carbocycles. The Morgan fingerprint density at radius 1 is 1.21 bits per heavy atom. The van der Waals surface area contributed by atoms with Gasteiger partial charge in [0.05, 0.1) is 0 Å². The number of Topliss-reactive ketones (excluding diaryl/α,β-unsaturated/α-hetero) is 1. The van der Waals surface area contributed by atoms with Crippen LogP contribution >= 0.6 is 0 Å². The summed E-state index contributed by atoms with van der Waals surface area (Å²) in [5.74, 6) is 0.622. The number of hydrogen-bond acceptors (Lipinski definition) is 2. The molecule has 0 saturated carbocycles. The number of ether oxygens (including phenoxy) is 1. The quantitative estimate of drug-likeness (QED) is 0.687. The maximum absolute atomic E-state index is 12.2. The number of carbonyl (C=O) groups excluding carboxylic acids is 1. The highest BCUT2D eigenvalue weighted by Crippen LogP contribution is 2.17. The molecular weight excluding hydrogens is 236 g/mol. The molecule has 1 aromatic rings. The van der Waals surface area contributed by atoms with Crippen LogP contribution in [0.25, 0.3) is 0 Å². The Balaban J connectivity index is 2.59. The van der Waals surface area contributed by atoms with Crippen molar-refractivity contribution in [1.82, 2.24) is 0 Å². The Labute approximate surface area is 117 Å². The van der Waals surface area contributed by atoms with E-state index in [0.717, 1.165) is 29.5 Å². The van der Waals surface area contributed by atoms with Crippen LogP contribution in [-0.4, -0.2) is 19.0 Å². The van der Waals surface area contributed by atoms with Crippen LogP contribution < -0.4 is 0 Å². The molecule has 106 valence electrons. The first-order valence-corrected chi connectivity index (χ1v) is 7.14. The molecule has 19 heavy (non-hydrogen) atoms. The minimum Gasteiger partial charge on any atom is -0.373 e. The normalized spacial score (nSPS) is 12.5. The summed E-state index contributed by atoms with van der Waals surface area (Å²) in [5, 5.41) is 0. The smallest absolute Gasteiger partial charge is 0.188 e. The summed E-state index contributed by atoms with van der Waals surface area (Å²) >= 11 is 0. The molecule has 0 spiro atoms. The molecule has 1 atom stereocenters. The van der Waals surface area contributed by atoms with E-state index < -0.39 is 0 Å². The van der Waals surface area contributed by atoms with Crippen molar-refractivity contribution >= 4 is 5.78 Å². The highest BCUT2D eigenvalue weighted by Gasteiger charge is 2.13. The van der Waals surface area contributed by atoms with Gasteiger partial charge in [0.15, 0.2) is 5.78 Å². The first-order chi connectivity index (χ1) is 8.95. The zero-order chi connectivity index (χ0) is 14.4. The fourth-order valence-corrected chi connectivity index (χ4v) is 2.62. The van der Waals surface area contributed by atoms with Crippen molar-refractivity contribution in [3.63, 3.8) is 0 Å². The molecule has 0 amide bonds. The molecule has 0 bridgehead atoms. The van der Waals surface area contributed by atoms with E-state index in [0.29, 0.717) is 12.5 Å². The molecule has 0 aliphatic rings. The van der Waals surface area contributed by atoms with Gasteiger partial charge in [-0.2, -0.15) is 0 Å². The number of carbonyl (C=O) groups is 1. The van der Waals surface area contributed by atoms with Crippen molar-refractivity contribution < 1.29 is 9.53 Å². The lowest BCUT2D eigenvalue weighted by molar-refractivity contribution is 0.0682. The van der Waals surface area contributed by atoms with Crippen LogP contribution in [-0.2, 0) is 4.74 Å². The van der Waals surface area contributed by atoms with Gasteiger partial charge in [-0.05, 0) is 44.2 Å². The van der Waals surface area contributed by atoms with Gasteiger partial charge >= 0.3 is 0 Å². The van der Waals surface area contributed by atoms with Gasteiger partial charge < -0.3 is 4.74 Å². The van der Waals surface area contributed by atoms with Crippen LogP contribution in [0.15, 0.2) is 12.1 Å². The van der Waals surface area contributed by atoms with Crippen molar-refractivity contribution in [2.45, 2.75) is 47.5 Å². The van der Waals surface area contributed by atoms with Crippen LogP contribution in [0, 0.1) is 26.7 Å². The Bertz CT molecular complexity index is 412. The van der Waals surface area contributed by atoms with Crippen LogP contribution in [0.2, 0.25) is 0 Å². The third-order valence-corrected chi connectivity index (χ3v) is 3.37. The fraction of sp³-hybridized carbons (Fsp3) is 0.588. The molecule has 0 saturated heterocycles. The molecule has 1 rings (SSSR count). The van der Waals surface area contributed by atoms with E-state index in [4.69, 9.17) is 4.74 Å². The molecule has 0 aliphatic heterocycles. The van der Waals surface area contributed by atoms with Crippen molar-refractivity contribution in [2.75, 3.05) is 13.2 Å². The van der Waals surface area contributed by atoms with Crippen LogP contribution in [0.5, 0.6) is 0 Å². The summed E-state index contributed by atoms with van der Waals surface area (Å²) in [5.41, 5.74) is 4.12. The van der Waals surface area contributed by atoms with Crippen molar-refractivity contribution in [1.29, 1.82) is 0 Å². The second-order valence-corrected chi connectivity index (χ2v) is 5.61. The Kier molecular flexibility index (Phi) is 6.23. The lowest BCUT2D eigenvalue weighted by Gasteiger charge is -2.13. The monoisotopic (exact) mass is 262 g/mol. The summed E-state index contributed by atoms with van der Waals surface area (Å²) in [4.78, 5) is 12.2. The van der Waals surface area contributed by atoms with Gasteiger partial charge in [-0.3, -0.25) is 4.79 Å². The van der Waals surface area contributed by atoms with Crippen LogP contribution in [0.3, 0.4) is 0 Å². The van der Waals surface area contributed by atoms with Gasteiger partial charge in [-0.1, -0.05) is 38.0 Å². The van der Waals surface area contributed by atoms with Gasteiger partial charge in [-0.25, -0.2) is 0 Å². The molecule has 1 aromatic carbocycles. The molecule has 0 radical (unpaired) electrons. The standard InChI is InChI=1S/C17H26O2/c1-6-7-12(2)10-19-11-16(18)17-14(4)8-13(3)9-15(17)5/h8-9,12H,6-7,10-11H2,1-5H3. The third-order valence-electron chi connectivity index (χ3n) is 3.37. The number of rotatable bonds is 7. The van der Waals surface area contributed by atoms with E-state index in [9.17, 15) is 4.79 Å². The number of hydrogen-bond donors (Lipinski definition) is 0. The van der Waals surface area contributed by atoms with Gasteiger partial charge in [0, 0.05) is 12.2 Å². The van der Waals surface area contributed by atoms with Gasteiger partial charge in [0.25, 0.3) is 0 Å². The molecule has 0 fully saturated rings. The second kappa shape index (κ2) is 7.44. The van der Waals surface area contributed by atoms with E-state index in [1.165, 1.54) is 5.56 Å².